The minimum Gasteiger partial charge on any atom is -0.364 e. The van der Waals surface area contributed by atoms with Crippen LogP contribution in [-0.4, -0.2) is 72.6 Å². The van der Waals surface area contributed by atoms with Crippen molar-refractivity contribution in [3.05, 3.63) is 18.0 Å². The number of aromatic nitrogens is 1. The average Bonchev–Trinajstić information content (AvgIpc) is 3.11. The van der Waals surface area contributed by atoms with Crippen LogP contribution in [0.4, 0.5) is 0 Å². The van der Waals surface area contributed by atoms with Crippen LogP contribution in [0.2, 0.25) is 0 Å². The molecule has 1 fully saturated rings. The van der Waals surface area contributed by atoms with Gasteiger partial charge in [-0.05, 0) is 6.92 Å². The first kappa shape index (κ1) is 22.7. The summed E-state index contributed by atoms with van der Waals surface area (Å²) in [6.45, 7) is 12.4. The van der Waals surface area contributed by atoms with E-state index in [0.29, 0.717) is 13.1 Å². The van der Waals surface area contributed by atoms with Gasteiger partial charge >= 0.3 is 0 Å². The lowest BCUT2D eigenvalue weighted by Crippen LogP contribution is -2.52. The van der Waals surface area contributed by atoms with Gasteiger partial charge in [0.1, 0.15) is 6.26 Å². The summed E-state index contributed by atoms with van der Waals surface area (Å²) in [6, 6.07) is 1.91. The van der Waals surface area contributed by atoms with Crippen molar-refractivity contribution in [3.8, 4) is 0 Å². The van der Waals surface area contributed by atoms with E-state index in [9.17, 15) is 4.79 Å². The molecule has 1 saturated heterocycles. The van der Waals surface area contributed by atoms with Crippen molar-refractivity contribution in [3.63, 3.8) is 0 Å². The molecule has 0 aromatic carbocycles. The number of piperazine rings is 1. The number of amides is 1. The molecule has 26 heavy (non-hydrogen) atoms. The largest absolute Gasteiger partial charge is 0.364 e. The second kappa shape index (κ2) is 12.1. The van der Waals surface area contributed by atoms with Crippen LogP contribution in [0.1, 0.15) is 26.5 Å². The first-order valence-electron chi connectivity index (χ1n) is 9.02. The molecular weight excluding hydrogens is 447 g/mol. The Labute approximate surface area is 172 Å². The van der Waals surface area contributed by atoms with Crippen LogP contribution in [-0.2, 0) is 11.3 Å². The van der Waals surface area contributed by atoms with Crippen LogP contribution in [0.25, 0.3) is 0 Å². The van der Waals surface area contributed by atoms with E-state index in [1.165, 1.54) is 0 Å². The normalized spacial score (nSPS) is 15.7. The number of guanidine groups is 1. The quantitative estimate of drug-likeness (QED) is 0.265. The predicted molar refractivity (Wildman–Crippen MR) is 113 cm³/mol. The maximum Gasteiger partial charge on any atom is 0.222 e. The highest BCUT2D eigenvalue weighted by atomic mass is 127. The standard InChI is InChI=1S/C17H30N6O2.HI/c1-4-18-17(20-7-6-19-16(24)14(2)3)23-10-8-22(9-11-23)13-15-5-12-25-21-15;/h5,12,14H,4,6-11,13H2,1-3H3,(H,18,20)(H,19,24);1H. The fourth-order valence-electron chi connectivity index (χ4n) is 2.64. The summed E-state index contributed by atoms with van der Waals surface area (Å²) < 4.78 is 4.89. The number of hydrogen-bond acceptors (Lipinski definition) is 5. The summed E-state index contributed by atoms with van der Waals surface area (Å²) in [7, 11) is 0. The molecule has 1 aliphatic heterocycles. The highest BCUT2D eigenvalue weighted by Gasteiger charge is 2.20. The fourth-order valence-corrected chi connectivity index (χ4v) is 2.64. The summed E-state index contributed by atoms with van der Waals surface area (Å²) in [5, 5.41) is 10.2. The van der Waals surface area contributed by atoms with Gasteiger partial charge in [-0.25, -0.2) is 0 Å². The SMILES string of the molecule is CCNC(=NCCNC(=O)C(C)C)N1CCN(Cc2ccon2)CC1.I. The second-order valence-corrected chi connectivity index (χ2v) is 6.44. The molecule has 2 N–H and O–H groups in total. The number of halogens is 1. The van der Waals surface area contributed by atoms with E-state index in [0.717, 1.165) is 50.9 Å². The van der Waals surface area contributed by atoms with Crippen molar-refractivity contribution in [2.45, 2.75) is 27.3 Å². The zero-order valence-corrected chi connectivity index (χ0v) is 18.2. The molecular formula is C17H31IN6O2. The maximum atomic E-state index is 11.6. The molecule has 0 saturated carbocycles. The molecule has 0 radical (unpaired) electrons. The third kappa shape index (κ3) is 7.48. The number of aliphatic imine (C=N–C) groups is 1. The lowest BCUT2D eigenvalue weighted by molar-refractivity contribution is -0.123. The Morgan fingerprint density at radius 1 is 1.31 bits per heavy atom. The van der Waals surface area contributed by atoms with Gasteiger partial charge in [0, 0.05) is 57.8 Å². The van der Waals surface area contributed by atoms with Crippen LogP contribution in [0.3, 0.4) is 0 Å². The molecule has 2 heterocycles. The zero-order valence-electron chi connectivity index (χ0n) is 15.9. The van der Waals surface area contributed by atoms with Gasteiger partial charge in [-0.15, -0.1) is 24.0 Å². The number of carbonyl (C=O) groups excluding carboxylic acids is 1. The molecule has 0 atom stereocenters. The first-order valence-corrected chi connectivity index (χ1v) is 9.02. The molecule has 1 aromatic rings. The van der Waals surface area contributed by atoms with Gasteiger partial charge in [0.25, 0.3) is 0 Å². The van der Waals surface area contributed by atoms with Crippen molar-refractivity contribution >= 4 is 35.8 Å². The predicted octanol–water partition coefficient (Wildman–Crippen LogP) is 1.15. The van der Waals surface area contributed by atoms with E-state index in [1.54, 1.807) is 6.26 Å². The fraction of sp³-hybridized carbons (Fsp3) is 0.706. The number of hydrogen-bond donors (Lipinski definition) is 2. The minimum absolute atomic E-state index is 0. The van der Waals surface area contributed by atoms with Crippen LogP contribution < -0.4 is 10.6 Å². The molecule has 2 rings (SSSR count). The maximum absolute atomic E-state index is 11.6. The lowest BCUT2D eigenvalue weighted by Gasteiger charge is -2.36. The molecule has 0 unspecified atom stereocenters. The Kier molecular flexibility index (Phi) is 10.6. The zero-order chi connectivity index (χ0) is 18.1. The van der Waals surface area contributed by atoms with Crippen molar-refractivity contribution in [1.82, 2.24) is 25.6 Å². The van der Waals surface area contributed by atoms with E-state index in [4.69, 9.17) is 4.52 Å². The van der Waals surface area contributed by atoms with E-state index in [1.807, 2.05) is 19.9 Å². The van der Waals surface area contributed by atoms with Crippen molar-refractivity contribution in [2.75, 3.05) is 45.8 Å². The smallest absolute Gasteiger partial charge is 0.222 e. The first-order chi connectivity index (χ1) is 12.1. The Bertz CT molecular complexity index is 541. The third-order valence-corrected chi connectivity index (χ3v) is 4.08. The van der Waals surface area contributed by atoms with Crippen LogP contribution in [0, 0.1) is 5.92 Å². The minimum atomic E-state index is 0. The summed E-state index contributed by atoms with van der Waals surface area (Å²) in [4.78, 5) is 20.9. The van der Waals surface area contributed by atoms with Gasteiger partial charge in [-0.3, -0.25) is 14.7 Å². The van der Waals surface area contributed by atoms with Crippen molar-refractivity contribution in [1.29, 1.82) is 0 Å². The molecule has 1 aromatic heterocycles. The molecule has 0 spiro atoms. The molecule has 148 valence electrons. The van der Waals surface area contributed by atoms with Gasteiger partial charge in [0.05, 0.1) is 12.2 Å². The van der Waals surface area contributed by atoms with Crippen molar-refractivity contribution < 1.29 is 9.32 Å². The molecule has 9 heteroatoms. The van der Waals surface area contributed by atoms with Crippen molar-refractivity contribution in [2.24, 2.45) is 10.9 Å². The number of nitrogens with one attached hydrogen (secondary N) is 2. The van der Waals surface area contributed by atoms with E-state index >= 15 is 0 Å². The van der Waals surface area contributed by atoms with Gasteiger partial charge in [0.2, 0.25) is 5.91 Å². The average molecular weight is 478 g/mol. The Morgan fingerprint density at radius 3 is 2.62 bits per heavy atom. The lowest BCUT2D eigenvalue weighted by atomic mass is 10.2. The molecule has 1 amide bonds. The molecule has 8 nitrogen and oxygen atoms in total. The number of rotatable bonds is 7. The molecule has 0 bridgehead atoms. The summed E-state index contributed by atoms with van der Waals surface area (Å²) in [6.07, 6.45) is 1.61. The van der Waals surface area contributed by atoms with E-state index in [-0.39, 0.29) is 35.8 Å². The molecule has 1 aliphatic rings. The third-order valence-electron chi connectivity index (χ3n) is 4.08. The van der Waals surface area contributed by atoms with Crippen LogP contribution in [0.5, 0.6) is 0 Å². The number of nitrogens with zero attached hydrogens (tertiary/aromatic N) is 4. The Balaban J connectivity index is 0.00000338. The Morgan fingerprint density at radius 2 is 2.04 bits per heavy atom. The summed E-state index contributed by atoms with van der Waals surface area (Å²) in [5.41, 5.74) is 0.968. The monoisotopic (exact) mass is 478 g/mol. The Hall–Kier alpha value is -1.36. The van der Waals surface area contributed by atoms with E-state index in [2.05, 4.69) is 37.5 Å². The van der Waals surface area contributed by atoms with Gasteiger partial charge in [-0.1, -0.05) is 19.0 Å². The van der Waals surface area contributed by atoms with E-state index < -0.39 is 0 Å². The van der Waals surface area contributed by atoms with Gasteiger partial charge < -0.3 is 20.1 Å². The van der Waals surface area contributed by atoms with Crippen LogP contribution in [0.15, 0.2) is 21.8 Å². The second-order valence-electron chi connectivity index (χ2n) is 6.44. The number of carbonyl (C=O) groups is 1. The highest BCUT2D eigenvalue weighted by Crippen LogP contribution is 2.07. The highest BCUT2D eigenvalue weighted by molar-refractivity contribution is 14.0. The van der Waals surface area contributed by atoms with Crippen LogP contribution >= 0.6 is 24.0 Å². The van der Waals surface area contributed by atoms with Gasteiger partial charge in [-0.2, -0.15) is 0 Å². The summed E-state index contributed by atoms with van der Waals surface area (Å²) in [5.74, 6) is 0.999. The summed E-state index contributed by atoms with van der Waals surface area (Å²) >= 11 is 0. The topological polar surface area (TPSA) is 86.0 Å². The van der Waals surface area contributed by atoms with Gasteiger partial charge in [0.15, 0.2) is 5.96 Å². The molecule has 0 aliphatic carbocycles.